The first-order valence-corrected chi connectivity index (χ1v) is 8.85. The molecule has 2 saturated carbocycles. The Kier molecular flexibility index (Phi) is 2.78. The Hall–Kier alpha value is -0.820. The number of hydrogen-bond donors (Lipinski definition) is 1. The van der Waals surface area contributed by atoms with Gasteiger partial charge in [-0.1, -0.05) is 0 Å². The number of nitrogen functional groups attached to an aromatic ring is 1. The molecule has 5 nitrogen and oxygen atoms in total. The molecule has 2 aliphatic rings. The van der Waals surface area contributed by atoms with E-state index in [9.17, 15) is 8.42 Å². The lowest BCUT2D eigenvalue weighted by molar-refractivity contribution is 0.601. The lowest BCUT2D eigenvalue weighted by Crippen LogP contribution is -2.28. The molecule has 1 heterocycles. The van der Waals surface area contributed by atoms with Gasteiger partial charge >= 0.3 is 0 Å². The van der Waals surface area contributed by atoms with Gasteiger partial charge in [-0.2, -0.15) is 4.37 Å². The second kappa shape index (κ2) is 4.09. The predicted octanol–water partition coefficient (Wildman–Crippen LogP) is 1.51. The largest absolute Gasteiger partial charge is 0.382 e. The van der Waals surface area contributed by atoms with Crippen molar-refractivity contribution in [1.29, 1.82) is 0 Å². The Bertz CT molecular complexity index is 559. The molecule has 0 unspecified atom stereocenters. The molecule has 7 heteroatoms. The summed E-state index contributed by atoms with van der Waals surface area (Å²) in [5, 5.41) is 0.754. The highest BCUT2D eigenvalue weighted by Gasteiger charge is 2.37. The molecular formula is C11H17N3O2S2. The van der Waals surface area contributed by atoms with E-state index in [1.807, 2.05) is 0 Å². The summed E-state index contributed by atoms with van der Waals surface area (Å²) < 4.78 is 27.7. The highest BCUT2D eigenvalue weighted by molar-refractivity contribution is 7.91. The number of nitrogens with zero attached hydrogens (tertiary/aromatic N) is 2. The highest BCUT2D eigenvalue weighted by Crippen LogP contribution is 2.43. The Morgan fingerprint density at radius 3 is 2.56 bits per heavy atom. The van der Waals surface area contributed by atoms with E-state index in [2.05, 4.69) is 9.27 Å². The Morgan fingerprint density at radius 1 is 1.39 bits per heavy atom. The number of hydrogen-bond acceptors (Lipinski definition) is 6. The maximum absolute atomic E-state index is 11.8. The Morgan fingerprint density at radius 2 is 2.06 bits per heavy atom. The Labute approximate surface area is 111 Å². The van der Waals surface area contributed by atoms with Crippen LogP contribution in [0, 0.1) is 5.92 Å². The van der Waals surface area contributed by atoms with Crippen LogP contribution in [0.4, 0.5) is 10.8 Å². The summed E-state index contributed by atoms with van der Waals surface area (Å²) in [7, 11) is -3.31. The first-order chi connectivity index (χ1) is 8.47. The minimum atomic E-state index is -3.31. The van der Waals surface area contributed by atoms with E-state index in [-0.39, 0.29) is 10.7 Å². The van der Waals surface area contributed by atoms with Crippen LogP contribution < -0.4 is 10.6 Å². The van der Waals surface area contributed by atoms with Gasteiger partial charge in [-0.3, -0.25) is 0 Å². The summed E-state index contributed by atoms with van der Waals surface area (Å²) in [5.74, 6) is 0.875. The molecule has 0 radical (unpaired) electrons. The van der Waals surface area contributed by atoms with Gasteiger partial charge in [0.15, 0.2) is 15.7 Å². The number of rotatable bonds is 5. The third kappa shape index (κ3) is 2.33. The molecule has 100 valence electrons. The van der Waals surface area contributed by atoms with Crippen molar-refractivity contribution in [1.82, 2.24) is 4.37 Å². The topological polar surface area (TPSA) is 76.3 Å². The van der Waals surface area contributed by atoms with Crippen LogP contribution in [0.15, 0.2) is 4.90 Å². The summed E-state index contributed by atoms with van der Waals surface area (Å²) >= 11 is 1.22. The zero-order valence-corrected chi connectivity index (χ0v) is 11.9. The first-order valence-electron chi connectivity index (χ1n) is 6.18. The molecule has 0 aliphatic heterocycles. The minimum Gasteiger partial charge on any atom is -0.382 e. The van der Waals surface area contributed by atoms with Crippen molar-refractivity contribution >= 4 is 32.2 Å². The molecule has 1 aromatic rings. The number of aromatic nitrogens is 1. The molecule has 18 heavy (non-hydrogen) atoms. The van der Waals surface area contributed by atoms with Crippen molar-refractivity contribution in [2.75, 3.05) is 23.4 Å². The zero-order valence-electron chi connectivity index (χ0n) is 10.3. The fourth-order valence-corrected chi connectivity index (χ4v) is 4.45. The van der Waals surface area contributed by atoms with Crippen molar-refractivity contribution < 1.29 is 8.42 Å². The fourth-order valence-electron chi connectivity index (χ4n) is 2.18. The van der Waals surface area contributed by atoms with E-state index >= 15 is 0 Å². The number of sulfone groups is 1. The molecule has 0 bridgehead atoms. The molecule has 0 atom stereocenters. The van der Waals surface area contributed by atoms with Gasteiger partial charge in [0.1, 0.15) is 9.90 Å². The first kappa shape index (κ1) is 12.2. The van der Waals surface area contributed by atoms with E-state index in [1.54, 1.807) is 0 Å². The number of anilines is 2. The van der Waals surface area contributed by atoms with E-state index in [1.165, 1.54) is 30.6 Å². The minimum absolute atomic E-state index is 0.152. The van der Waals surface area contributed by atoms with Crippen molar-refractivity contribution in [2.24, 2.45) is 5.92 Å². The Balaban J connectivity index is 1.98. The van der Waals surface area contributed by atoms with Gasteiger partial charge in [-0.05, 0) is 43.1 Å². The normalized spacial score (nSPS) is 20.1. The summed E-state index contributed by atoms with van der Waals surface area (Å²) in [5.41, 5.74) is 5.73. The van der Waals surface area contributed by atoms with Crippen LogP contribution in [0.5, 0.6) is 0 Å². The molecule has 2 N–H and O–H groups in total. The number of nitrogens with two attached hydrogens (primary N) is 1. The lowest BCUT2D eigenvalue weighted by Gasteiger charge is -2.23. The van der Waals surface area contributed by atoms with Crippen LogP contribution in [0.25, 0.3) is 0 Å². The third-order valence-corrected chi connectivity index (χ3v) is 5.60. The van der Waals surface area contributed by atoms with Gasteiger partial charge in [0.25, 0.3) is 0 Å². The van der Waals surface area contributed by atoms with E-state index in [0.717, 1.165) is 30.3 Å². The average molecular weight is 287 g/mol. The van der Waals surface area contributed by atoms with Gasteiger partial charge in [-0.15, -0.1) is 0 Å². The SMILES string of the molecule is CS(=O)(=O)c1c(N)nsc1N(CC1CC1)C1CC1. The summed E-state index contributed by atoms with van der Waals surface area (Å²) in [6, 6.07) is 0.492. The maximum atomic E-state index is 11.8. The highest BCUT2D eigenvalue weighted by atomic mass is 32.2. The van der Waals surface area contributed by atoms with Gasteiger partial charge in [0.05, 0.1) is 0 Å². The van der Waals surface area contributed by atoms with Gasteiger partial charge < -0.3 is 10.6 Å². The zero-order chi connectivity index (χ0) is 12.9. The van der Waals surface area contributed by atoms with Crippen LogP contribution in [0.3, 0.4) is 0 Å². The standard InChI is InChI=1S/C11H17N3O2S2/c1-18(15,16)9-10(12)13-17-11(9)14(8-4-5-8)6-7-2-3-7/h7-8H,2-6H2,1H3,(H2,12,13). The van der Waals surface area contributed by atoms with Crippen LogP contribution in [-0.4, -0.2) is 31.6 Å². The van der Waals surface area contributed by atoms with E-state index < -0.39 is 9.84 Å². The van der Waals surface area contributed by atoms with Gasteiger partial charge in [-0.25, -0.2) is 8.42 Å². The van der Waals surface area contributed by atoms with Gasteiger partial charge in [0, 0.05) is 18.8 Å². The fraction of sp³-hybridized carbons (Fsp3) is 0.727. The average Bonchev–Trinajstić information content (AvgIpc) is 3.13. The smallest absolute Gasteiger partial charge is 0.182 e. The quantitative estimate of drug-likeness (QED) is 0.888. The van der Waals surface area contributed by atoms with E-state index in [0.29, 0.717) is 6.04 Å². The van der Waals surface area contributed by atoms with Crippen molar-refractivity contribution in [3.05, 3.63) is 0 Å². The predicted molar refractivity (Wildman–Crippen MR) is 72.7 cm³/mol. The molecule has 3 rings (SSSR count). The second-order valence-electron chi connectivity index (χ2n) is 5.30. The molecule has 0 spiro atoms. The summed E-state index contributed by atoms with van der Waals surface area (Å²) in [6.45, 7) is 0.953. The second-order valence-corrected chi connectivity index (χ2v) is 8.01. The monoisotopic (exact) mass is 287 g/mol. The van der Waals surface area contributed by atoms with Crippen molar-refractivity contribution in [3.63, 3.8) is 0 Å². The molecule has 0 amide bonds. The van der Waals surface area contributed by atoms with Gasteiger partial charge in [0.2, 0.25) is 0 Å². The van der Waals surface area contributed by atoms with Crippen LogP contribution in [-0.2, 0) is 9.84 Å². The maximum Gasteiger partial charge on any atom is 0.182 e. The molecule has 2 fully saturated rings. The summed E-state index contributed by atoms with van der Waals surface area (Å²) in [6.07, 6.45) is 6.01. The van der Waals surface area contributed by atoms with E-state index in [4.69, 9.17) is 5.73 Å². The molecule has 0 aromatic carbocycles. The van der Waals surface area contributed by atoms with Crippen LogP contribution in [0.2, 0.25) is 0 Å². The third-order valence-electron chi connectivity index (χ3n) is 3.43. The van der Waals surface area contributed by atoms with Crippen LogP contribution in [0.1, 0.15) is 25.7 Å². The molecule has 2 aliphatic carbocycles. The molecule has 1 aromatic heterocycles. The molecule has 0 saturated heterocycles. The molecular weight excluding hydrogens is 270 g/mol. The summed E-state index contributed by atoms with van der Waals surface area (Å²) in [4.78, 5) is 2.46. The van der Waals surface area contributed by atoms with Crippen molar-refractivity contribution in [2.45, 2.75) is 36.6 Å². The van der Waals surface area contributed by atoms with Crippen LogP contribution >= 0.6 is 11.5 Å². The lowest BCUT2D eigenvalue weighted by atomic mass is 10.3. The van der Waals surface area contributed by atoms with Crippen molar-refractivity contribution in [3.8, 4) is 0 Å².